The fraction of sp³-hybridized carbons (Fsp3) is 0.300. The number of hydrogen-bond acceptors (Lipinski definition) is 5. The van der Waals surface area contributed by atoms with Crippen LogP contribution in [-0.4, -0.2) is 34.5 Å². The number of methoxy groups -OCH3 is 1. The molecule has 4 rings (SSSR count). The number of ether oxygens (including phenoxy) is 1. The monoisotopic (exact) mass is 338 g/mol. The molecule has 0 aliphatic heterocycles. The van der Waals surface area contributed by atoms with Crippen LogP contribution in [0.2, 0.25) is 0 Å². The molecule has 5 nitrogen and oxygen atoms in total. The molecule has 2 N–H and O–H groups in total. The van der Waals surface area contributed by atoms with Crippen LogP contribution in [0.15, 0.2) is 30.3 Å². The summed E-state index contributed by atoms with van der Waals surface area (Å²) in [6, 6.07) is 8.39. The van der Waals surface area contributed by atoms with E-state index in [0.29, 0.717) is 45.6 Å². The van der Waals surface area contributed by atoms with Crippen LogP contribution >= 0.6 is 0 Å². The van der Waals surface area contributed by atoms with Gasteiger partial charge in [0.25, 0.3) is 0 Å². The number of aliphatic hydroxyl groups is 2. The van der Waals surface area contributed by atoms with Crippen molar-refractivity contribution >= 4 is 11.6 Å². The maximum atomic E-state index is 13.0. The van der Waals surface area contributed by atoms with Crippen LogP contribution in [0.4, 0.5) is 0 Å². The van der Waals surface area contributed by atoms with Crippen LogP contribution in [0.1, 0.15) is 62.4 Å². The van der Waals surface area contributed by atoms with Crippen molar-refractivity contribution in [3.05, 3.63) is 63.7 Å². The molecule has 128 valence electrons. The summed E-state index contributed by atoms with van der Waals surface area (Å²) in [5.41, 5.74) is 1.37. The van der Waals surface area contributed by atoms with Crippen LogP contribution in [0.5, 0.6) is 5.75 Å². The highest BCUT2D eigenvalue weighted by Crippen LogP contribution is 2.43. The van der Waals surface area contributed by atoms with Crippen LogP contribution < -0.4 is 4.74 Å². The van der Waals surface area contributed by atoms with Gasteiger partial charge in [-0.25, -0.2) is 0 Å². The van der Waals surface area contributed by atoms with Gasteiger partial charge in [-0.15, -0.1) is 0 Å². The smallest absolute Gasteiger partial charge is 0.197 e. The van der Waals surface area contributed by atoms with Gasteiger partial charge in [-0.05, 0) is 24.1 Å². The molecular weight excluding hydrogens is 320 g/mol. The zero-order valence-corrected chi connectivity index (χ0v) is 14.0. The molecule has 2 atom stereocenters. The number of carbonyl (C=O) groups is 2. The zero-order valence-electron chi connectivity index (χ0n) is 14.0. The van der Waals surface area contributed by atoms with Gasteiger partial charge in [0.15, 0.2) is 11.6 Å². The Hall–Kier alpha value is -2.50. The van der Waals surface area contributed by atoms with Gasteiger partial charge in [-0.3, -0.25) is 9.59 Å². The molecule has 0 unspecified atom stereocenters. The predicted molar refractivity (Wildman–Crippen MR) is 90.2 cm³/mol. The zero-order chi connectivity index (χ0) is 17.9. The standard InChI is InChI=1S/C20H18O5/c1-20(24)8-10-6-7-12-17(15(10)13(21)9-20)19(23)11-4-3-5-14(25-2)16(11)18(12)22/h3-7,19,23-24H,8-9H2,1-2H3/t19-,20+/m0/s1. The van der Waals surface area contributed by atoms with Crippen molar-refractivity contribution in [2.24, 2.45) is 0 Å². The largest absolute Gasteiger partial charge is 0.496 e. The number of fused-ring (bicyclic) bond motifs is 4. The van der Waals surface area contributed by atoms with Crippen molar-refractivity contribution in [1.82, 2.24) is 0 Å². The van der Waals surface area contributed by atoms with Gasteiger partial charge in [0.1, 0.15) is 11.9 Å². The lowest BCUT2D eigenvalue weighted by atomic mass is 9.73. The Morgan fingerprint density at radius 3 is 2.60 bits per heavy atom. The van der Waals surface area contributed by atoms with Gasteiger partial charge in [0.2, 0.25) is 0 Å². The minimum absolute atomic E-state index is 0.0255. The molecule has 0 radical (unpaired) electrons. The maximum Gasteiger partial charge on any atom is 0.197 e. The third kappa shape index (κ3) is 2.23. The molecule has 2 aromatic rings. The number of benzene rings is 2. The van der Waals surface area contributed by atoms with Crippen molar-refractivity contribution in [3.63, 3.8) is 0 Å². The summed E-state index contributed by atoms with van der Waals surface area (Å²) < 4.78 is 5.28. The SMILES string of the molecule is COc1cccc2c1C(=O)c1ccc3c(c1[C@H]2O)C(=O)C[C@](C)(O)C3. The van der Waals surface area contributed by atoms with Crippen molar-refractivity contribution in [2.45, 2.75) is 31.5 Å². The summed E-state index contributed by atoms with van der Waals surface area (Å²) in [5.74, 6) is -0.110. The number of rotatable bonds is 1. The van der Waals surface area contributed by atoms with Gasteiger partial charge in [-0.2, -0.15) is 0 Å². The normalized spacial score (nSPS) is 24.4. The Labute approximate surface area is 144 Å². The Morgan fingerprint density at radius 2 is 1.88 bits per heavy atom. The summed E-state index contributed by atoms with van der Waals surface area (Å²) in [6.07, 6.45) is -0.796. The Bertz CT molecular complexity index is 926. The quantitative estimate of drug-likeness (QED) is 0.833. The summed E-state index contributed by atoms with van der Waals surface area (Å²) >= 11 is 0. The van der Waals surface area contributed by atoms with E-state index in [1.54, 1.807) is 37.3 Å². The number of aliphatic hydroxyl groups excluding tert-OH is 1. The van der Waals surface area contributed by atoms with E-state index in [2.05, 4.69) is 0 Å². The molecule has 5 heteroatoms. The van der Waals surface area contributed by atoms with E-state index in [-0.39, 0.29) is 18.0 Å². The van der Waals surface area contributed by atoms with Crippen molar-refractivity contribution in [2.75, 3.05) is 7.11 Å². The third-order valence-electron chi connectivity index (χ3n) is 5.04. The molecule has 0 aromatic heterocycles. The van der Waals surface area contributed by atoms with E-state index in [1.165, 1.54) is 7.11 Å². The molecule has 2 aliphatic carbocycles. The molecule has 0 spiro atoms. The molecule has 0 saturated heterocycles. The molecule has 0 heterocycles. The van der Waals surface area contributed by atoms with Crippen molar-refractivity contribution < 1.29 is 24.5 Å². The fourth-order valence-electron chi connectivity index (χ4n) is 4.01. The van der Waals surface area contributed by atoms with Crippen LogP contribution in [-0.2, 0) is 6.42 Å². The minimum Gasteiger partial charge on any atom is -0.496 e. The van der Waals surface area contributed by atoms with E-state index >= 15 is 0 Å². The second-order valence-corrected chi connectivity index (χ2v) is 6.99. The highest BCUT2D eigenvalue weighted by molar-refractivity contribution is 6.16. The highest BCUT2D eigenvalue weighted by atomic mass is 16.5. The van der Waals surface area contributed by atoms with Gasteiger partial charge < -0.3 is 14.9 Å². The topological polar surface area (TPSA) is 83.8 Å². The first-order chi connectivity index (χ1) is 11.8. The van der Waals surface area contributed by atoms with Crippen molar-refractivity contribution in [3.8, 4) is 5.75 Å². The summed E-state index contributed by atoms with van der Waals surface area (Å²) in [6.45, 7) is 1.62. The summed E-state index contributed by atoms with van der Waals surface area (Å²) in [4.78, 5) is 25.7. The number of hydrogen-bond donors (Lipinski definition) is 2. The number of carbonyl (C=O) groups excluding carboxylic acids is 2. The van der Waals surface area contributed by atoms with Crippen LogP contribution in [0.3, 0.4) is 0 Å². The van der Waals surface area contributed by atoms with Gasteiger partial charge >= 0.3 is 0 Å². The molecule has 2 aliphatic rings. The van der Waals surface area contributed by atoms with Crippen LogP contribution in [0.25, 0.3) is 0 Å². The van der Waals surface area contributed by atoms with E-state index in [4.69, 9.17) is 4.74 Å². The van der Waals surface area contributed by atoms with Crippen molar-refractivity contribution in [1.29, 1.82) is 0 Å². The molecule has 0 fully saturated rings. The minimum atomic E-state index is -1.11. The summed E-state index contributed by atoms with van der Waals surface area (Å²) in [7, 11) is 1.48. The predicted octanol–water partition coefficient (Wildman–Crippen LogP) is 2.20. The molecule has 0 bridgehead atoms. The Kier molecular flexibility index (Phi) is 3.36. The Morgan fingerprint density at radius 1 is 1.12 bits per heavy atom. The first-order valence-electron chi connectivity index (χ1n) is 8.15. The van der Waals surface area contributed by atoms with Gasteiger partial charge in [0, 0.05) is 29.5 Å². The summed E-state index contributed by atoms with van der Waals surface area (Å²) in [5, 5.41) is 21.2. The molecule has 25 heavy (non-hydrogen) atoms. The van der Waals surface area contributed by atoms with Gasteiger partial charge in [0.05, 0.1) is 18.3 Å². The first-order valence-corrected chi connectivity index (χ1v) is 8.15. The fourth-order valence-corrected chi connectivity index (χ4v) is 4.01. The number of ketones is 2. The van der Waals surface area contributed by atoms with E-state index < -0.39 is 11.7 Å². The second-order valence-electron chi connectivity index (χ2n) is 6.99. The molecule has 0 saturated carbocycles. The average molecular weight is 338 g/mol. The van der Waals surface area contributed by atoms with E-state index in [0.717, 1.165) is 0 Å². The van der Waals surface area contributed by atoms with Gasteiger partial charge in [-0.1, -0.05) is 24.3 Å². The van der Waals surface area contributed by atoms with Crippen LogP contribution in [0, 0.1) is 0 Å². The highest BCUT2D eigenvalue weighted by Gasteiger charge is 2.40. The lowest BCUT2D eigenvalue weighted by Crippen LogP contribution is -2.37. The second kappa shape index (κ2) is 5.25. The number of Topliss-reactive ketones (excluding diaryl/α,β-unsaturated/α-hetero) is 1. The molecular formula is C20H18O5. The lowest BCUT2D eigenvalue weighted by Gasteiger charge is -2.33. The Balaban J connectivity index is 1.98. The first kappa shape index (κ1) is 16.0. The maximum absolute atomic E-state index is 13.0. The third-order valence-corrected chi connectivity index (χ3v) is 5.04. The van der Waals surface area contributed by atoms with E-state index in [1.807, 2.05) is 0 Å². The molecule has 2 aromatic carbocycles. The molecule has 0 amide bonds. The lowest BCUT2D eigenvalue weighted by molar-refractivity contribution is 0.0407. The van der Waals surface area contributed by atoms with E-state index in [9.17, 15) is 19.8 Å². The average Bonchev–Trinajstić information content (AvgIpc) is 2.57.